The van der Waals surface area contributed by atoms with Crippen LogP contribution in [0.3, 0.4) is 0 Å². The van der Waals surface area contributed by atoms with Crippen LogP contribution in [0.15, 0.2) is 0 Å². The summed E-state index contributed by atoms with van der Waals surface area (Å²) in [5, 5.41) is 3.18. The van der Waals surface area contributed by atoms with E-state index in [4.69, 9.17) is 0 Å². The standard InChI is InChI=1S/C9H19NO2S/c1-3-5-13(11,12)6-4-9(2)7-10-8-9/h10H,3-8H2,1-2H3. The van der Waals surface area contributed by atoms with Crippen LogP contribution in [0.4, 0.5) is 0 Å². The van der Waals surface area contributed by atoms with Crippen molar-refractivity contribution in [1.82, 2.24) is 5.32 Å². The van der Waals surface area contributed by atoms with Gasteiger partial charge < -0.3 is 5.32 Å². The van der Waals surface area contributed by atoms with Crippen molar-refractivity contribution >= 4 is 9.84 Å². The third kappa shape index (κ3) is 3.27. The van der Waals surface area contributed by atoms with Crippen LogP contribution in [0, 0.1) is 5.41 Å². The van der Waals surface area contributed by atoms with Gasteiger partial charge in [0, 0.05) is 18.8 Å². The number of sulfone groups is 1. The first-order valence-electron chi connectivity index (χ1n) is 4.89. The number of nitrogens with one attached hydrogen (secondary N) is 1. The molecular formula is C9H19NO2S. The van der Waals surface area contributed by atoms with Crippen molar-refractivity contribution in [3.05, 3.63) is 0 Å². The lowest BCUT2D eigenvalue weighted by atomic mass is 9.82. The van der Waals surface area contributed by atoms with Gasteiger partial charge in [-0.15, -0.1) is 0 Å². The van der Waals surface area contributed by atoms with Gasteiger partial charge >= 0.3 is 0 Å². The summed E-state index contributed by atoms with van der Waals surface area (Å²) in [6, 6.07) is 0. The fraction of sp³-hybridized carbons (Fsp3) is 1.00. The molecule has 0 bridgehead atoms. The number of hydrogen-bond donors (Lipinski definition) is 1. The van der Waals surface area contributed by atoms with E-state index in [0.717, 1.165) is 25.9 Å². The zero-order valence-electron chi connectivity index (χ0n) is 8.47. The maximum atomic E-state index is 11.4. The molecule has 1 aliphatic rings. The first-order chi connectivity index (χ1) is 5.97. The van der Waals surface area contributed by atoms with E-state index in [1.54, 1.807) is 0 Å². The fourth-order valence-corrected chi connectivity index (χ4v) is 3.17. The van der Waals surface area contributed by atoms with Crippen LogP contribution in [0.25, 0.3) is 0 Å². The molecule has 0 spiro atoms. The van der Waals surface area contributed by atoms with E-state index in [-0.39, 0.29) is 5.41 Å². The molecule has 78 valence electrons. The van der Waals surface area contributed by atoms with Crippen LogP contribution >= 0.6 is 0 Å². The summed E-state index contributed by atoms with van der Waals surface area (Å²) in [4.78, 5) is 0. The van der Waals surface area contributed by atoms with Gasteiger partial charge in [-0.1, -0.05) is 13.8 Å². The van der Waals surface area contributed by atoms with Crippen LogP contribution in [-0.2, 0) is 9.84 Å². The predicted octanol–water partition coefficient (Wildman–Crippen LogP) is 0.811. The van der Waals surface area contributed by atoms with Gasteiger partial charge in [-0.3, -0.25) is 0 Å². The highest BCUT2D eigenvalue weighted by molar-refractivity contribution is 7.91. The van der Waals surface area contributed by atoms with E-state index in [1.807, 2.05) is 6.92 Å². The molecule has 0 aromatic carbocycles. The molecule has 0 radical (unpaired) electrons. The second-order valence-electron chi connectivity index (χ2n) is 4.32. The van der Waals surface area contributed by atoms with Crippen molar-refractivity contribution in [2.45, 2.75) is 26.7 Å². The third-order valence-electron chi connectivity index (χ3n) is 2.64. The van der Waals surface area contributed by atoms with E-state index < -0.39 is 9.84 Å². The lowest BCUT2D eigenvalue weighted by Crippen LogP contribution is -2.52. The molecule has 1 aliphatic heterocycles. The van der Waals surface area contributed by atoms with Crippen molar-refractivity contribution in [2.75, 3.05) is 24.6 Å². The van der Waals surface area contributed by atoms with Gasteiger partial charge in [0.25, 0.3) is 0 Å². The highest BCUT2D eigenvalue weighted by atomic mass is 32.2. The molecule has 0 atom stereocenters. The molecular weight excluding hydrogens is 186 g/mol. The molecule has 1 N–H and O–H groups in total. The summed E-state index contributed by atoms with van der Waals surface area (Å²) in [5.74, 6) is 0.704. The maximum Gasteiger partial charge on any atom is 0.150 e. The van der Waals surface area contributed by atoms with Crippen molar-refractivity contribution in [2.24, 2.45) is 5.41 Å². The normalized spacial score (nSPS) is 21.1. The number of hydrogen-bond acceptors (Lipinski definition) is 3. The highest BCUT2D eigenvalue weighted by Gasteiger charge is 2.32. The summed E-state index contributed by atoms with van der Waals surface area (Å²) in [5.41, 5.74) is 0.237. The van der Waals surface area contributed by atoms with Crippen molar-refractivity contribution in [1.29, 1.82) is 0 Å². The van der Waals surface area contributed by atoms with Crippen LogP contribution in [0.2, 0.25) is 0 Å². The lowest BCUT2D eigenvalue weighted by Gasteiger charge is -2.39. The molecule has 3 nitrogen and oxygen atoms in total. The zero-order chi connectivity index (χ0) is 9.95. The molecule has 0 unspecified atom stereocenters. The second-order valence-corrected chi connectivity index (χ2v) is 6.62. The SMILES string of the molecule is CCCS(=O)(=O)CCC1(C)CNC1. The predicted molar refractivity (Wildman–Crippen MR) is 54.5 cm³/mol. The van der Waals surface area contributed by atoms with Crippen molar-refractivity contribution in [3.63, 3.8) is 0 Å². The molecule has 1 saturated heterocycles. The molecule has 0 amide bonds. The number of rotatable bonds is 5. The average Bonchev–Trinajstić information content (AvgIpc) is 1.97. The van der Waals surface area contributed by atoms with E-state index in [9.17, 15) is 8.42 Å². The van der Waals surface area contributed by atoms with Crippen molar-refractivity contribution in [3.8, 4) is 0 Å². The van der Waals surface area contributed by atoms with Crippen LogP contribution in [-0.4, -0.2) is 33.0 Å². The van der Waals surface area contributed by atoms with Crippen LogP contribution in [0.1, 0.15) is 26.7 Å². The Morgan fingerprint density at radius 2 is 1.92 bits per heavy atom. The van der Waals surface area contributed by atoms with Gasteiger partial charge in [0.15, 0.2) is 0 Å². The third-order valence-corrected chi connectivity index (χ3v) is 4.49. The van der Waals surface area contributed by atoms with Gasteiger partial charge in [-0.25, -0.2) is 8.42 Å². The summed E-state index contributed by atoms with van der Waals surface area (Å²) >= 11 is 0. The van der Waals surface area contributed by atoms with Crippen molar-refractivity contribution < 1.29 is 8.42 Å². The molecule has 0 aliphatic carbocycles. The largest absolute Gasteiger partial charge is 0.316 e. The smallest absolute Gasteiger partial charge is 0.150 e. The second kappa shape index (κ2) is 3.96. The Bertz CT molecular complexity index is 255. The maximum absolute atomic E-state index is 11.4. The topological polar surface area (TPSA) is 46.2 Å². The molecule has 1 rings (SSSR count). The van der Waals surface area contributed by atoms with E-state index in [1.165, 1.54) is 0 Å². The van der Waals surface area contributed by atoms with E-state index in [2.05, 4.69) is 12.2 Å². The van der Waals surface area contributed by atoms with Crippen LogP contribution < -0.4 is 5.32 Å². The first-order valence-corrected chi connectivity index (χ1v) is 6.71. The van der Waals surface area contributed by atoms with Gasteiger partial charge in [0.1, 0.15) is 9.84 Å². The first kappa shape index (κ1) is 11.0. The summed E-state index contributed by atoms with van der Waals surface area (Å²) in [6.45, 7) is 5.98. The highest BCUT2D eigenvalue weighted by Crippen LogP contribution is 2.26. The Morgan fingerprint density at radius 3 is 2.31 bits per heavy atom. The lowest BCUT2D eigenvalue weighted by molar-refractivity contribution is 0.189. The Hall–Kier alpha value is -0.0900. The molecule has 0 aromatic heterocycles. The van der Waals surface area contributed by atoms with Crippen LogP contribution in [0.5, 0.6) is 0 Å². The van der Waals surface area contributed by atoms with Gasteiger partial charge in [0.05, 0.1) is 5.75 Å². The minimum absolute atomic E-state index is 0.237. The zero-order valence-corrected chi connectivity index (χ0v) is 9.28. The average molecular weight is 205 g/mol. The van der Waals surface area contributed by atoms with E-state index in [0.29, 0.717) is 11.5 Å². The van der Waals surface area contributed by atoms with Gasteiger partial charge in [-0.05, 0) is 18.3 Å². The summed E-state index contributed by atoms with van der Waals surface area (Å²) in [7, 11) is -2.77. The monoisotopic (exact) mass is 205 g/mol. The molecule has 4 heteroatoms. The van der Waals surface area contributed by atoms with E-state index >= 15 is 0 Å². The summed E-state index contributed by atoms with van der Waals surface area (Å²) in [6.07, 6.45) is 1.54. The molecule has 1 heterocycles. The Labute approximate surface area is 80.8 Å². The molecule has 0 aromatic rings. The Kier molecular flexibility index (Phi) is 3.35. The quantitative estimate of drug-likeness (QED) is 0.722. The van der Waals surface area contributed by atoms with Gasteiger partial charge in [0.2, 0.25) is 0 Å². The molecule has 13 heavy (non-hydrogen) atoms. The minimum Gasteiger partial charge on any atom is -0.316 e. The summed E-state index contributed by atoms with van der Waals surface area (Å²) < 4.78 is 22.8. The fourth-order valence-electron chi connectivity index (χ4n) is 1.54. The molecule has 0 saturated carbocycles. The minimum atomic E-state index is -2.77. The molecule has 1 fully saturated rings. The van der Waals surface area contributed by atoms with Gasteiger partial charge in [-0.2, -0.15) is 0 Å². The Balaban J connectivity index is 2.33. The Morgan fingerprint density at radius 1 is 1.31 bits per heavy atom.